The number of pyridine rings is 1. The van der Waals surface area contributed by atoms with E-state index in [1.54, 1.807) is 10.7 Å². The quantitative estimate of drug-likeness (QED) is 0.491. The maximum atomic E-state index is 11.8. The molecule has 0 unspecified atom stereocenters. The second kappa shape index (κ2) is 7.30. The van der Waals surface area contributed by atoms with Crippen molar-refractivity contribution < 1.29 is 9.90 Å². The molecule has 2 aromatic carbocycles. The average molecular weight is 398 g/mol. The lowest BCUT2D eigenvalue weighted by atomic mass is 9.93. The third-order valence-corrected chi connectivity index (χ3v) is 5.70. The number of para-hydroxylation sites is 1. The fraction of sp³-hybridized carbons (Fsp3) is 0.208. The molecule has 1 saturated carbocycles. The van der Waals surface area contributed by atoms with E-state index in [-0.39, 0.29) is 5.69 Å². The predicted molar refractivity (Wildman–Crippen MR) is 117 cm³/mol. The van der Waals surface area contributed by atoms with Crippen molar-refractivity contribution in [1.29, 1.82) is 0 Å². The van der Waals surface area contributed by atoms with Crippen LogP contribution in [0.2, 0.25) is 0 Å². The number of carboxylic acids is 1. The molecule has 1 aliphatic carbocycles. The van der Waals surface area contributed by atoms with E-state index in [1.807, 2.05) is 49.4 Å². The Balaban J connectivity index is 1.65. The number of nitrogens with zero attached hydrogens (tertiary/aromatic N) is 3. The Morgan fingerprint density at radius 3 is 2.47 bits per heavy atom. The number of rotatable bonds is 5. The first-order valence-corrected chi connectivity index (χ1v) is 10.2. The normalized spacial score (nSPS) is 13.9. The Labute approximate surface area is 174 Å². The lowest BCUT2D eigenvalue weighted by Crippen LogP contribution is -2.26. The smallest absolute Gasteiger partial charge is 0.354 e. The molecule has 2 N–H and O–H groups in total. The number of aromatic nitrogens is 3. The Hall–Kier alpha value is -3.67. The van der Waals surface area contributed by atoms with Gasteiger partial charge in [0, 0.05) is 11.7 Å². The van der Waals surface area contributed by atoms with Gasteiger partial charge in [-0.2, -0.15) is 5.10 Å². The standard InChI is InChI=1S/C24H22N4O2/c1-15-22-20(16-10-12-18(13-11-16)25-17-6-5-7-17)14-21(24(29)30)26-23(22)28(27-15)19-8-3-2-4-9-19/h2-4,8-14,17,25H,5-7H2,1H3,(H,29,30). The molecule has 5 rings (SSSR count). The minimum Gasteiger partial charge on any atom is -0.477 e. The third-order valence-electron chi connectivity index (χ3n) is 5.70. The van der Waals surface area contributed by atoms with Crippen LogP contribution in [0.15, 0.2) is 60.7 Å². The fourth-order valence-electron chi connectivity index (χ4n) is 3.91. The van der Waals surface area contributed by atoms with Crippen LogP contribution in [-0.4, -0.2) is 31.9 Å². The fourth-order valence-corrected chi connectivity index (χ4v) is 3.91. The van der Waals surface area contributed by atoms with Gasteiger partial charge in [0.1, 0.15) is 0 Å². The first kappa shape index (κ1) is 18.4. The van der Waals surface area contributed by atoms with Crippen molar-refractivity contribution in [3.8, 4) is 16.8 Å². The number of carbonyl (C=O) groups is 1. The zero-order chi connectivity index (χ0) is 20.7. The van der Waals surface area contributed by atoms with Crippen LogP contribution in [0.1, 0.15) is 35.4 Å². The molecule has 2 heterocycles. The monoisotopic (exact) mass is 398 g/mol. The highest BCUT2D eigenvalue weighted by Crippen LogP contribution is 2.33. The molecular weight excluding hydrogens is 376 g/mol. The number of benzene rings is 2. The van der Waals surface area contributed by atoms with Gasteiger partial charge >= 0.3 is 5.97 Å². The van der Waals surface area contributed by atoms with Crippen molar-refractivity contribution in [3.05, 3.63) is 72.1 Å². The van der Waals surface area contributed by atoms with E-state index in [2.05, 4.69) is 27.5 Å². The van der Waals surface area contributed by atoms with Gasteiger partial charge in [-0.3, -0.25) is 0 Å². The van der Waals surface area contributed by atoms with E-state index >= 15 is 0 Å². The molecule has 2 aromatic heterocycles. The largest absolute Gasteiger partial charge is 0.477 e. The summed E-state index contributed by atoms with van der Waals surface area (Å²) in [5.41, 5.74) is 5.06. The molecule has 0 amide bonds. The van der Waals surface area contributed by atoms with Crippen molar-refractivity contribution >= 4 is 22.7 Å². The number of carboxylic acid groups (broad SMARTS) is 1. The van der Waals surface area contributed by atoms with Gasteiger partial charge in [-0.25, -0.2) is 14.5 Å². The molecule has 150 valence electrons. The molecular formula is C24H22N4O2. The number of aryl methyl sites for hydroxylation is 1. The Morgan fingerprint density at radius 2 is 1.83 bits per heavy atom. The lowest BCUT2D eigenvalue weighted by molar-refractivity contribution is 0.0691. The molecule has 0 spiro atoms. The number of hydrogen-bond donors (Lipinski definition) is 2. The van der Waals surface area contributed by atoms with Gasteiger partial charge in [0.2, 0.25) is 0 Å². The maximum Gasteiger partial charge on any atom is 0.354 e. The molecule has 1 fully saturated rings. The maximum absolute atomic E-state index is 11.8. The van der Waals surface area contributed by atoms with E-state index in [9.17, 15) is 9.90 Å². The highest BCUT2D eigenvalue weighted by atomic mass is 16.4. The zero-order valence-corrected chi connectivity index (χ0v) is 16.7. The summed E-state index contributed by atoms with van der Waals surface area (Å²) in [5.74, 6) is -1.06. The first-order chi connectivity index (χ1) is 14.6. The van der Waals surface area contributed by atoms with Crippen molar-refractivity contribution in [2.75, 3.05) is 5.32 Å². The van der Waals surface area contributed by atoms with Gasteiger partial charge in [0.25, 0.3) is 0 Å². The van der Waals surface area contributed by atoms with Gasteiger partial charge in [-0.1, -0.05) is 30.3 Å². The van der Waals surface area contributed by atoms with E-state index in [1.165, 1.54) is 19.3 Å². The SMILES string of the molecule is Cc1nn(-c2ccccc2)c2nc(C(=O)O)cc(-c3ccc(NC4CCC4)cc3)c12. The molecule has 6 heteroatoms. The molecule has 6 nitrogen and oxygen atoms in total. The van der Waals surface area contributed by atoms with Gasteiger partial charge in [0.05, 0.1) is 16.8 Å². The van der Waals surface area contributed by atoms with E-state index < -0.39 is 5.97 Å². The molecule has 0 saturated heterocycles. The van der Waals surface area contributed by atoms with Crippen LogP contribution in [0, 0.1) is 6.92 Å². The molecule has 0 atom stereocenters. The van der Waals surface area contributed by atoms with Crippen molar-refractivity contribution in [2.45, 2.75) is 32.2 Å². The van der Waals surface area contributed by atoms with Crippen molar-refractivity contribution in [1.82, 2.24) is 14.8 Å². The lowest BCUT2D eigenvalue weighted by Gasteiger charge is -2.27. The van der Waals surface area contributed by atoms with Gasteiger partial charge in [-0.05, 0) is 67.6 Å². The van der Waals surface area contributed by atoms with Crippen LogP contribution < -0.4 is 5.32 Å². The van der Waals surface area contributed by atoms with Crippen molar-refractivity contribution in [3.63, 3.8) is 0 Å². The number of anilines is 1. The molecule has 1 aliphatic rings. The van der Waals surface area contributed by atoms with Crippen LogP contribution in [-0.2, 0) is 0 Å². The number of fused-ring (bicyclic) bond motifs is 1. The summed E-state index contributed by atoms with van der Waals surface area (Å²) in [4.78, 5) is 16.2. The van der Waals surface area contributed by atoms with Crippen LogP contribution in [0.3, 0.4) is 0 Å². The van der Waals surface area contributed by atoms with Gasteiger partial charge < -0.3 is 10.4 Å². The first-order valence-electron chi connectivity index (χ1n) is 10.2. The Kier molecular flexibility index (Phi) is 4.47. The minimum absolute atomic E-state index is 0.00579. The summed E-state index contributed by atoms with van der Waals surface area (Å²) in [5, 5.41) is 18.7. The molecule has 4 aromatic rings. The average Bonchev–Trinajstić information content (AvgIpc) is 3.08. The van der Waals surface area contributed by atoms with Crippen LogP contribution in [0.5, 0.6) is 0 Å². The van der Waals surface area contributed by atoms with E-state index in [0.717, 1.165) is 33.6 Å². The highest BCUT2D eigenvalue weighted by molar-refractivity contribution is 6.00. The van der Waals surface area contributed by atoms with E-state index in [0.29, 0.717) is 11.7 Å². The van der Waals surface area contributed by atoms with Crippen LogP contribution in [0.25, 0.3) is 27.8 Å². The predicted octanol–water partition coefficient (Wildman–Crippen LogP) is 5.06. The van der Waals surface area contributed by atoms with Crippen molar-refractivity contribution in [2.24, 2.45) is 0 Å². The molecule has 0 radical (unpaired) electrons. The number of nitrogens with one attached hydrogen (secondary N) is 1. The number of aromatic carboxylic acids is 1. The van der Waals surface area contributed by atoms with Crippen LogP contribution >= 0.6 is 0 Å². The molecule has 0 aliphatic heterocycles. The Bertz CT molecular complexity index is 1230. The molecule has 30 heavy (non-hydrogen) atoms. The minimum atomic E-state index is -1.06. The van der Waals surface area contributed by atoms with Crippen LogP contribution in [0.4, 0.5) is 5.69 Å². The second-order valence-corrected chi connectivity index (χ2v) is 7.74. The topological polar surface area (TPSA) is 80.0 Å². The summed E-state index contributed by atoms with van der Waals surface area (Å²) in [6, 6.07) is 20.0. The van der Waals surface area contributed by atoms with E-state index in [4.69, 9.17) is 0 Å². The summed E-state index contributed by atoms with van der Waals surface area (Å²) in [6.07, 6.45) is 3.71. The highest BCUT2D eigenvalue weighted by Gasteiger charge is 2.20. The zero-order valence-electron chi connectivity index (χ0n) is 16.7. The summed E-state index contributed by atoms with van der Waals surface area (Å²) >= 11 is 0. The van der Waals surface area contributed by atoms with Gasteiger partial charge in [-0.15, -0.1) is 0 Å². The third kappa shape index (κ3) is 3.20. The summed E-state index contributed by atoms with van der Waals surface area (Å²) < 4.78 is 1.72. The number of hydrogen-bond acceptors (Lipinski definition) is 4. The summed E-state index contributed by atoms with van der Waals surface area (Å²) in [6.45, 7) is 1.93. The summed E-state index contributed by atoms with van der Waals surface area (Å²) in [7, 11) is 0. The molecule has 0 bridgehead atoms. The second-order valence-electron chi connectivity index (χ2n) is 7.74. The van der Waals surface area contributed by atoms with Gasteiger partial charge in [0.15, 0.2) is 11.3 Å². The Morgan fingerprint density at radius 1 is 1.10 bits per heavy atom.